The van der Waals surface area contributed by atoms with Gasteiger partial charge in [0.1, 0.15) is 0 Å². The van der Waals surface area contributed by atoms with Crippen molar-refractivity contribution in [3.63, 3.8) is 0 Å². The van der Waals surface area contributed by atoms with Crippen LogP contribution in [0.3, 0.4) is 0 Å². The highest BCUT2D eigenvalue weighted by Crippen LogP contribution is 2.22. The number of benzene rings is 1. The number of pyridine rings is 1. The minimum atomic E-state index is -3.65. The summed E-state index contributed by atoms with van der Waals surface area (Å²) in [7, 11) is -3.65. The lowest BCUT2D eigenvalue weighted by molar-refractivity contribution is 0.0950. The third-order valence-electron chi connectivity index (χ3n) is 4.34. The summed E-state index contributed by atoms with van der Waals surface area (Å²) in [6.07, 6.45) is 1.63. The fraction of sp³-hybridized carbons (Fsp3) is 0.400. The van der Waals surface area contributed by atoms with Crippen LogP contribution in [0.15, 0.2) is 41.4 Å². The van der Waals surface area contributed by atoms with Crippen LogP contribution in [0.2, 0.25) is 0 Å². The SMILES string of the molecule is CCOc1ncccc1CNC(=O)c1ccc(C)c(S(=O)(=O)N(CC)CC)c1. The Balaban J connectivity index is 2.24. The summed E-state index contributed by atoms with van der Waals surface area (Å²) in [5.41, 5.74) is 1.65. The maximum Gasteiger partial charge on any atom is 0.251 e. The number of aryl methyl sites for hydroxylation is 1. The Labute approximate surface area is 166 Å². The molecule has 0 spiro atoms. The summed E-state index contributed by atoms with van der Waals surface area (Å²) >= 11 is 0. The average molecular weight is 406 g/mol. The first-order valence-electron chi connectivity index (χ1n) is 9.30. The molecule has 0 unspecified atom stereocenters. The van der Waals surface area contributed by atoms with Gasteiger partial charge in [-0.1, -0.05) is 26.0 Å². The number of hydrogen-bond donors (Lipinski definition) is 1. The smallest absolute Gasteiger partial charge is 0.251 e. The van der Waals surface area contributed by atoms with Gasteiger partial charge >= 0.3 is 0 Å². The van der Waals surface area contributed by atoms with E-state index in [9.17, 15) is 13.2 Å². The molecule has 0 saturated carbocycles. The summed E-state index contributed by atoms with van der Waals surface area (Å²) in [6.45, 7) is 8.61. The molecule has 1 N–H and O–H groups in total. The first-order valence-corrected chi connectivity index (χ1v) is 10.7. The first kappa shape index (κ1) is 21.8. The van der Waals surface area contributed by atoms with E-state index in [4.69, 9.17) is 4.74 Å². The number of sulfonamides is 1. The number of nitrogens with one attached hydrogen (secondary N) is 1. The second-order valence-electron chi connectivity index (χ2n) is 6.15. The van der Waals surface area contributed by atoms with Crippen molar-refractivity contribution in [1.29, 1.82) is 0 Å². The van der Waals surface area contributed by atoms with Crippen molar-refractivity contribution in [3.8, 4) is 5.88 Å². The number of carbonyl (C=O) groups is 1. The highest BCUT2D eigenvalue weighted by Gasteiger charge is 2.24. The highest BCUT2D eigenvalue weighted by atomic mass is 32.2. The number of carbonyl (C=O) groups excluding carboxylic acids is 1. The van der Waals surface area contributed by atoms with Crippen LogP contribution in [0.1, 0.15) is 42.3 Å². The Morgan fingerprint density at radius 3 is 2.54 bits per heavy atom. The van der Waals surface area contributed by atoms with Crippen molar-refractivity contribution in [2.45, 2.75) is 39.1 Å². The maximum absolute atomic E-state index is 12.9. The quantitative estimate of drug-likeness (QED) is 0.693. The van der Waals surface area contributed by atoms with Crippen LogP contribution < -0.4 is 10.1 Å². The topological polar surface area (TPSA) is 88.6 Å². The molecule has 1 heterocycles. The van der Waals surface area contributed by atoms with Gasteiger partial charge < -0.3 is 10.1 Å². The lowest BCUT2D eigenvalue weighted by Gasteiger charge is -2.20. The van der Waals surface area contributed by atoms with E-state index < -0.39 is 10.0 Å². The summed E-state index contributed by atoms with van der Waals surface area (Å²) < 4.78 is 32.5. The zero-order chi connectivity index (χ0) is 20.7. The lowest BCUT2D eigenvalue weighted by Crippen LogP contribution is -2.31. The molecule has 1 aromatic carbocycles. The molecule has 0 fully saturated rings. The van der Waals surface area contributed by atoms with Crippen molar-refractivity contribution in [2.75, 3.05) is 19.7 Å². The van der Waals surface area contributed by atoms with Crippen LogP contribution in [0.4, 0.5) is 0 Å². The number of nitrogens with zero attached hydrogens (tertiary/aromatic N) is 2. The molecule has 0 bridgehead atoms. The normalized spacial score (nSPS) is 11.5. The van der Waals surface area contributed by atoms with Gasteiger partial charge in [-0.25, -0.2) is 13.4 Å². The molecule has 152 valence electrons. The van der Waals surface area contributed by atoms with Crippen LogP contribution in [-0.2, 0) is 16.6 Å². The molecule has 0 saturated heterocycles. The standard InChI is InChI=1S/C20H27N3O4S/c1-5-23(6-2)28(25,26)18-13-16(11-10-15(18)4)19(24)22-14-17-9-8-12-21-20(17)27-7-3/h8-13H,5-7,14H2,1-4H3,(H,22,24). The molecule has 0 radical (unpaired) electrons. The van der Waals surface area contributed by atoms with E-state index in [1.165, 1.54) is 10.4 Å². The van der Waals surface area contributed by atoms with Gasteiger partial charge in [-0.3, -0.25) is 4.79 Å². The number of aromatic nitrogens is 1. The molecule has 0 aliphatic carbocycles. The molecular formula is C20H27N3O4S. The van der Waals surface area contributed by atoms with Crippen molar-refractivity contribution in [1.82, 2.24) is 14.6 Å². The van der Waals surface area contributed by atoms with Crippen LogP contribution >= 0.6 is 0 Å². The van der Waals surface area contributed by atoms with Crippen LogP contribution in [-0.4, -0.2) is 43.3 Å². The second kappa shape index (κ2) is 9.66. The molecule has 2 aromatic rings. The Kier molecular flexibility index (Phi) is 7.53. The summed E-state index contributed by atoms with van der Waals surface area (Å²) in [5.74, 6) is 0.112. The molecule has 1 aromatic heterocycles. The van der Waals surface area contributed by atoms with Crippen LogP contribution in [0.25, 0.3) is 0 Å². The molecule has 0 aliphatic rings. The fourth-order valence-corrected chi connectivity index (χ4v) is 4.53. The monoisotopic (exact) mass is 405 g/mol. The Morgan fingerprint density at radius 2 is 1.89 bits per heavy atom. The zero-order valence-corrected chi connectivity index (χ0v) is 17.5. The molecule has 8 heteroatoms. The minimum Gasteiger partial charge on any atom is -0.478 e. The van der Waals surface area contributed by atoms with Crippen molar-refractivity contribution >= 4 is 15.9 Å². The molecule has 1 amide bonds. The Hall–Kier alpha value is -2.45. The van der Waals surface area contributed by atoms with Crippen LogP contribution in [0.5, 0.6) is 5.88 Å². The van der Waals surface area contributed by atoms with E-state index in [2.05, 4.69) is 10.3 Å². The molecule has 7 nitrogen and oxygen atoms in total. The van der Waals surface area contributed by atoms with Gasteiger partial charge in [0, 0.05) is 37.0 Å². The highest BCUT2D eigenvalue weighted by molar-refractivity contribution is 7.89. The van der Waals surface area contributed by atoms with Gasteiger partial charge in [-0.05, 0) is 37.6 Å². The summed E-state index contributed by atoms with van der Waals surface area (Å²) in [5, 5.41) is 2.80. The predicted octanol–water partition coefficient (Wildman–Crippen LogP) is 2.75. The lowest BCUT2D eigenvalue weighted by atomic mass is 10.1. The van der Waals surface area contributed by atoms with Gasteiger partial charge in [-0.2, -0.15) is 4.31 Å². The van der Waals surface area contributed by atoms with E-state index in [1.54, 1.807) is 45.2 Å². The van der Waals surface area contributed by atoms with E-state index in [1.807, 2.05) is 13.0 Å². The number of amides is 1. The van der Waals surface area contributed by atoms with Gasteiger partial charge in [0.2, 0.25) is 15.9 Å². The van der Waals surface area contributed by atoms with Gasteiger partial charge in [0.05, 0.1) is 11.5 Å². The number of ether oxygens (including phenoxy) is 1. The van der Waals surface area contributed by atoms with Crippen molar-refractivity contribution in [3.05, 3.63) is 53.2 Å². The minimum absolute atomic E-state index is 0.153. The van der Waals surface area contributed by atoms with E-state index >= 15 is 0 Å². The van der Waals surface area contributed by atoms with Gasteiger partial charge in [-0.15, -0.1) is 0 Å². The first-order chi connectivity index (χ1) is 13.3. The summed E-state index contributed by atoms with van der Waals surface area (Å²) in [4.78, 5) is 16.9. The molecule has 0 aliphatic heterocycles. The molecule has 28 heavy (non-hydrogen) atoms. The maximum atomic E-state index is 12.9. The third-order valence-corrected chi connectivity index (χ3v) is 6.54. The zero-order valence-electron chi connectivity index (χ0n) is 16.7. The second-order valence-corrected chi connectivity index (χ2v) is 8.06. The molecule has 0 atom stereocenters. The van der Waals surface area contributed by atoms with Gasteiger partial charge in [0.15, 0.2) is 0 Å². The summed E-state index contributed by atoms with van der Waals surface area (Å²) in [6, 6.07) is 8.30. The van der Waals surface area contributed by atoms with Crippen molar-refractivity contribution < 1.29 is 17.9 Å². The number of rotatable bonds is 9. The van der Waals surface area contributed by atoms with Gasteiger partial charge in [0.25, 0.3) is 5.91 Å². The molecular weight excluding hydrogens is 378 g/mol. The van der Waals surface area contributed by atoms with Crippen LogP contribution in [0, 0.1) is 6.92 Å². The third kappa shape index (κ3) is 4.88. The largest absolute Gasteiger partial charge is 0.478 e. The van der Waals surface area contributed by atoms with Crippen molar-refractivity contribution in [2.24, 2.45) is 0 Å². The van der Waals surface area contributed by atoms with E-state index in [0.29, 0.717) is 31.1 Å². The van der Waals surface area contributed by atoms with E-state index in [0.717, 1.165) is 5.56 Å². The predicted molar refractivity (Wildman–Crippen MR) is 108 cm³/mol. The Bertz CT molecular complexity index is 925. The van der Waals surface area contributed by atoms with E-state index in [-0.39, 0.29) is 22.9 Å². The molecule has 2 rings (SSSR count). The fourth-order valence-electron chi connectivity index (χ4n) is 2.82. The Morgan fingerprint density at radius 1 is 1.18 bits per heavy atom. The number of hydrogen-bond acceptors (Lipinski definition) is 5. The average Bonchev–Trinajstić information content (AvgIpc) is 2.68.